The molecule has 0 spiro atoms. The third-order valence-electron chi connectivity index (χ3n) is 3.78. The first-order chi connectivity index (χ1) is 11.2. The molecule has 0 N–H and O–H groups in total. The molecule has 3 rings (SSSR count). The van der Waals surface area contributed by atoms with Crippen LogP contribution in [0.3, 0.4) is 0 Å². The molecule has 0 fully saturated rings. The summed E-state index contributed by atoms with van der Waals surface area (Å²) in [6.07, 6.45) is 2.43. The number of carbonyl (C=O) groups excluding carboxylic acids is 2. The van der Waals surface area contributed by atoms with Crippen molar-refractivity contribution in [3.05, 3.63) is 54.0 Å². The van der Waals surface area contributed by atoms with E-state index in [0.29, 0.717) is 19.4 Å². The van der Waals surface area contributed by atoms with Crippen molar-refractivity contribution in [2.45, 2.75) is 18.9 Å². The Hall–Kier alpha value is -2.27. The number of ether oxygens (including phenoxy) is 1. The number of anilines is 1. The number of para-hydroxylation sites is 1. The molecule has 0 unspecified atom stereocenters. The summed E-state index contributed by atoms with van der Waals surface area (Å²) in [7, 11) is 0. The Morgan fingerprint density at radius 2 is 2.09 bits per heavy atom. The number of rotatable bonds is 3. The molecule has 1 amide bonds. The molecule has 1 atom stereocenters. The van der Waals surface area contributed by atoms with E-state index in [1.54, 1.807) is 17.0 Å². The molecule has 1 aromatic carbocycles. The highest BCUT2D eigenvalue weighted by Gasteiger charge is 2.29. The SMILES string of the molecule is O=C(CCl)O[C@@H]1CCCN(C(=O)c2ccco2)c2ccccc21. The van der Waals surface area contributed by atoms with Crippen LogP contribution in [-0.2, 0) is 9.53 Å². The van der Waals surface area contributed by atoms with Crippen molar-refractivity contribution in [1.29, 1.82) is 0 Å². The predicted octanol–water partition coefficient (Wildman–Crippen LogP) is 3.54. The van der Waals surface area contributed by atoms with Gasteiger partial charge in [-0.15, -0.1) is 11.6 Å². The number of nitrogens with zero attached hydrogens (tertiary/aromatic N) is 1. The van der Waals surface area contributed by atoms with Gasteiger partial charge >= 0.3 is 5.97 Å². The smallest absolute Gasteiger partial charge is 0.321 e. The van der Waals surface area contributed by atoms with Crippen LogP contribution < -0.4 is 4.90 Å². The largest absolute Gasteiger partial charge is 0.459 e. The van der Waals surface area contributed by atoms with Gasteiger partial charge in [-0.1, -0.05) is 18.2 Å². The van der Waals surface area contributed by atoms with Crippen molar-refractivity contribution in [3.8, 4) is 0 Å². The third kappa shape index (κ3) is 3.24. The van der Waals surface area contributed by atoms with E-state index in [9.17, 15) is 9.59 Å². The summed E-state index contributed by atoms with van der Waals surface area (Å²) in [6, 6.07) is 10.8. The number of fused-ring (bicyclic) bond motifs is 1. The highest BCUT2D eigenvalue weighted by Crippen LogP contribution is 2.35. The molecule has 0 aliphatic carbocycles. The number of alkyl halides is 1. The molecule has 0 saturated heterocycles. The Labute approximate surface area is 138 Å². The minimum atomic E-state index is -0.461. The number of furan rings is 1. The molecular weight excluding hydrogens is 318 g/mol. The quantitative estimate of drug-likeness (QED) is 0.636. The molecule has 1 aromatic heterocycles. The third-order valence-corrected chi connectivity index (χ3v) is 4.00. The molecule has 6 heteroatoms. The van der Waals surface area contributed by atoms with Gasteiger partial charge in [0.15, 0.2) is 5.76 Å². The summed E-state index contributed by atoms with van der Waals surface area (Å²) in [5, 5.41) is 0. The maximum atomic E-state index is 12.7. The highest BCUT2D eigenvalue weighted by atomic mass is 35.5. The molecule has 23 heavy (non-hydrogen) atoms. The van der Waals surface area contributed by atoms with Gasteiger partial charge in [-0.05, 0) is 31.0 Å². The molecule has 120 valence electrons. The fourth-order valence-corrected chi connectivity index (χ4v) is 2.84. The van der Waals surface area contributed by atoms with E-state index >= 15 is 0 Å². The van der Waals surface area contributed by atoms with E-state index in [4.69, 9.17) is 20.8 Å². The summed E-state index contributed by atoms with van der Waals surface area (Å²) in [5.74, 6) is -0.562. The monoisotopic (exact) mass is 333 g/mol. The summed E-state index contributed by atoms with van der Waals surface area (Å²) in [6.45, 7) is 0.533. The van der Waals surface area contributed by atoms with E-state index in [2.05, 4.69) is 0 Å². The first-order valence-corrected chi connectivity index (χ1v) is 7.94. The van der Waals surface area contributed by atoms with Crippen LogP contribution in [0.2, 0.25) is 0 Å². The normalized spacial score (nSPS) is 17.3. The minimum Gasteiger partial charge on any atom is -0.459 e. The Morgan fingerprint density at radius 3 is 2.83 bits per heavy atom. The number of benzene rings is 1. The molecular formula is C17H16ClNO4. The Morgan fingerprint density at radius 1 is 1.26 bits per heavy atom. The summed E-state index contributed by atoms with van der Waals surface area (Å²) in [5.41, 5.74) is 1.54. The van der Waals surface area contributed by atoms with Crippen molar-refractivity contribution in [3.63, 3.8) is 0 Å². The van der Waals surface area contributed by atoms with Crippen LogP contribution in [0.4, 0.5) is 5.69 Å². The molecule has 2 heterocycles. The molecule has 5 nitrogen and oxygen atoms in total. The molecule has 0 bridgehead atoms. The number of halogens is 1. The van der Waals surface area contributed by atoms with E-state index in [1.807, 2.05) is 24.3 Å². The van der Waals surface area contributed by atoms with Gasteiger partial charge in [-0.3, -0.25) is 9.59 Å². The molecule has 0 radical (unpaired) electrons. The Kier molecular flexibility index (Phi) is 4.67. The van der Waals surface area contributed by atoms with Crippen LogP contribution in [0.1, 0.15) is 35.1 Å². The maximum Gasteiger partial charge on any atom is 0.321 e. The van der Waals surface area contributed by atoms with Crippen LogP contribution in [0.25, 0.3) is 0 Å². The zero-order valence-corrected chi connectivity index (χ0v) is 13.2. The fourth-order valence-electron chi connectivity index (χ4n) is 2.77. The molecule has 0 saturated carbocycles. The van der Waals surface area contributed by atoms with Crippen LogP contribution in [0, 0.1) is 0 Å². The van der Waals surface area contributed by atoms with E-state index < -0.39 is 12.1 Å². The molecule has 1 aliphatic heterocycles. The van der Waals surface area contributed by atoms with Crippen LogP contribution in [0.15, 0.2) is 47.1 Å². The zero-order valence-electron chi connectivity index (χ0n) is 12.4. The standard InChI is InChI=1S/C17H16ClNO4/c18-11-16(20)23-14-7-3-9-19(13-6-2-1-5-12(13)14)17(21)15-8-4-10-22-15/h1-2,4-6,8,10,14H,3,7,9,11H2/t14-/m1/s1. The first kappa shape index (κ1) is 15.6. The van der Waals surface area contributed by atoms with E-state index in [0.717, 1.165) is 11.3 Å². The van der Waals surface area contributed by atoms with Gasteiger partial charge in [0.05, 0.1) is 12.0 Å². The van der Waals surface area contributed by atoms with Gasteiger partial charge in [0.1, 0.15) is 12.0 Å². The Balaban J connectivity index is 1.95. The van der Waals surface area contributed by atoms with Gasteiger partial charge in [0.25, 0.3) is 5.91 Å². The number of esters is 1. The lowest BCUT2D eigenvalue weighted by Crippen LogP contribution is -2.31. The number of carbonyl (C=O) groups is 2. The highest BCUT2D eigenvalue weighted by molar-refractivity contribution is 6.26. The van der Waals surface area contributed by atoms with Crippen LogP contribution in [0.5, 0.6) is 0 Å². The van der Waals surface area contributed by atoms with Crippen molar-refractivity contribution in [2.24, 2.45) is 0 Å². The molecule has 1 aliphatic rings. The van der Waals surface area contributed by atoms with Crippen LogP contribution in [-0.4, -0.2) is 24.3 Å². The zero-order chi connectivity index (χ0) is 16.2. The second-order valence-electron chi connectivity index (χ2n) is 5.25. The fraction of sp³-hybridized carbons (Fsp3) is 0.294. The lowest BCUT2D eigenvalue weighted by molar-refractivity contribution is -0.146. The van der Waals surface area contributed by atoms with Gasteiger partial charge in [-0.2, -0.15) is 0 Å². The predicted molar refractivity (Wildman–Crippen MR) is 85.6 cm³/mol. The average molecular weight is 334 g/mol. The number of hydrogen-bond donors (Lipinski definition) is 0. The van der Waals surface area contributed by atoms with Crippen molar-refractivity contribution in [1.82, 2.24) is 0 Å². The van der Waals surface area contributed by atoms with Gasteiger partial charge < -0.3 is 14.1 Å². The van der Waals surface area contributed by atoms with E-state index in [1.165, 1.54) is 6.26 Å². The van der Waals surface area contributed by atoms with Crippen molar-refractivity contribution >= 4 is 29.2 Å². The average Bonchev–Trinajstić information content (AvgIpc) is 3.05. The second-order valence-corrected chi connectivity index (χ2v) is 5.51. The summed E-state index contributed by atoms with van der Waals surface area (Å²) in [4.78, 5) is 25.9. The molecule has 2 aromatic rings. The number of hydrogen-bond acceptors (Lipinski definition) is 4. The lowest BCUT2D eigenvalue weighted by atomic mass is 10.0. The van der Waals surface area contributed by atoms with Crippen molar-refractivity contribution in [2.75, 3.05) is 17.3 Å². The van der Waals surface area contributed by atoms with Gasteiger partial charge in [-0.25, -0.2) is 0 Å². The Bertz CT molecular complexity index is 698. The number of amides is 1. The second kappa shape index (κ2) is 6.87. The van der Waals surface area contributed by atoms with Crippen LogP contribution >= 0.6 is 11.6 Å². The maximum absolute atomic E-state index is 12.7. The summed E-state index contributed by atoms with van der Waals surface area (Å²) >= 11 is 5.53. The van der Waals surface area contributed by atoms with Gasteiger partial charge in [0.2, 0.25) is 0 Å². The summed E-state index contributed by atoms with van der Waals surface area (Å²) < 4.78 is 10.7. The topological polar surface area (TPSA) is 59.8 Å². The minimum absolute atomic E-state index is 0.187. The first-order valence-electron chi connectivity index (χ1n) is 7.40. The lowest BCUT2D eigenvalue weighted by Gasteiger charge is -2.23. The van der Waals surface area contributed by atoms with Gasteiger partial charge in [0, 0.05) is 12.1 Å². The van der Waals surface area contributed by atoms with Crippen molar-refractivity contribution < 1.29 is 18.7 Å². The van der Waals surface area contributed by atoms with E-state index in [-0.39, 0.29) is 17.5 Å².